The quantitative estimate of drug-likeness (QED) is 0.292. The van der Waals surface area contributed by atoms with E-state index in [-0.39, 0.29) is 29.3 Å². The van der Waals surface area contributed by atoms with Crippen LogP contribution in [0.25, 0.3) is 17.1 Å². The molecule has 4 rings (SSSR count). The third-order valence-corrected chi connectivity index (χ3v) is 6.99. The molecule has 0 saturated carbocycles. The van der Waals surface area contributed by atoms with Gasteiger partial charge in [-0.3, -0.25) is 9.69 Å². The summed E-state index contributed by atoms with van der Waals surface area (Å²) in [4.78, 5) is 40.4. The van der Waals surface area contributed by atoms with Crippen LogP contribution in [0.2, 0.25) is 0 Å². The molecule has 2 aromatic carbocycles. The molecule has 1 aromatic heterocycles. The maximum Gasteiger partial charge on any atom is 0.348 e. The molecular formula is C27H35N7O5. The van der Waals surface area contributed by atoms with Crippen molar-refractivity contribution in [3.05, 3.63) is 58.0 Å². The molecule has 1 saturated heterocycles. The van der Waals surface area contributed by atoms with Gasteiger partial charge in [-0.25, -0.2) is 19.3 Å². The summed E-state index contributed by atoms with van der Waals surface area (Å²) in [6, 6.07) is 9.43. The summed E-state index contributed by atoms with van der Waals surface area (Å²) < 4.78 is 1.38. The van der Waals surface area contributed by atoms with Crippen LogP contribution in [0.3, 0.4) is 0 Å². The molecule has 0 unspecified atom stereocenters. The topological polar surface area (TPSA) is 170 Å². The van der Waals surface area contributed by atoms with E-state index < -0.39 is 17.6 Å². The number of aromatic amines is 1. The molecule has 1 aliphatic rings. The Hall–Kier alpha value is -4.32. The van der Waals surface area contributed by atoms with E-state index in [2.05, 4.69) is 20.4 Å². The number of aromatic nitrogens is 3. The number of nitrogens with one attached hydrogen (secondary N) is 2. The molecule has 39 heavy (non-hydrogen) atoms. The van der Waals surface area contributed by atoms with Gasteiger partial charge < -0.3 is 26.2 Å². The van der Waals surface area contributed by atoms with E-state index >= 15 is 0 Å². The normalized spacial score (nSPS) is 14.9. The fourth-order valence-corrected chi connectivity index (χ4v) is 4.69. The Bertz CT molecular complexity index is 1390. The van der Waals surface area contributed by atoms with Gasteiger partial charge in [0.1, 0.15) is 17.5 Å². The Morgan fingerprint density at radius 3 is 2.33 bits per heavy atom. The highest BCUT2D eigenvalue weighted by atomic mass is 16.3. The number of phenols is 2. The number of carbonyl (C=O) groups excluding carboxylic acids is 2. The number of urea groups is 1. The van der Waals surface area contributed by atoms with Gasteiger partial charge in [0.15, 0.2) is 5.82 Å². The minimum absolute atomic E-state index is 0.00222. The lowest BCUT2D eigenvalue weighted by molar-refractivity contribution is -0.119. The first-order valence-corrected chi connectivity index (χ1v) is 13.0. The molecule has 0 bridgehead atoms. The third-order valence-electron chi connectivity index (χ3n) is 6.99. The van der Waals surface area contributed by atoms with Crippen molar-refractivity contribution in [1.29, 1.82) is 0 Å². The van der Waals surface area contributed by atoms with Gasteiger partial charge in [-0.05, 0) is 41.7 Å². The lowest BCUT2D eigenvalue weighted by Crippen LogP contribution is -2.55. The van der Waals surface area contributed by atoms with Gasteiger partial charge in [-0.2, -0.15) is 5.10 Å². The summed E-state index contributed by atoms with van der Waals surface area (Å²) in [5.74, 6) is -0.498. The standard InChI is InChI=1S/C27H35N7O5/c1-4-21(24(28)37)29-26(38)33-11-9-32(10-12-33)15-17-5-7-18(8-6-17)34-25(30-31-27(34)39)20-13-19(16(2)3)22(35)14-23(20)36/h5-8,13-14,16,21,35-36H,4,9-12,15H2,1-3H3,(H2,28,37)(H,29,38)(H,31,39)/t21-/m0/s1. The number of aromatic hydroxyl groups is 2. The number of rotatable bonds is 8. The van der Waals surface area contributed by atoms with Crippen LogP contribution in [0.15, 0.2) is 41.2 Å². The van der Waals surface area contributed by atoms with Crippen LogP contribution < -0.4 is 16.7 Å². The zero-order chi connectivity index (χ0) is 28.3. The van der Waals surface area contributed by atoms with Crippen LogP contribution in [0.1, 0.15) is 44.2 Å². The van der Waals surface area contributed by atoms with Crippen molar-refractivity contribution in [2.24, 2.45) is 5.73 Å². The van der Waals surface area contributed by atoms with E-state index in [0.717, 1.165) is 5.56 Å². The number of H-pyrrole nitrogens is 1. The second-order valence-corrected chi connectivity index (χ2v) is 10.0. The Morgan fingerprint density at radius 2 is 1.74 bits per heavy atom. The second-order valence-electron chi connectivity index (χ2n) is 10.0. The number of phenolic OH excluding ortho intramolecular Hbond substituents is 2. The number of amides is 3. The van der Waals surface area contributed by atoms with Crippen LogP contribution in [-0.4, -0.2) is 78.9 Å². The predicted molar refractivity (Wildman–Crippen MR) is 146 cm³/mol. The minimum atomic E-state index is -0.674. The van der Waals surface area contributed by atoms with Crippen molar-refractivity contribution >= 4 is 11.9 Å². The maximum atomic E-state index is 12.7. The first-order valence-electron chi connectivity index (χ1n) is 13.0. The summed E-state index contributed by atoms with van der Waals surface area (Å²) >= 11 is 0. The van der Waals surface area contributed by atoms with Gasteiger partial charge in [0.05, 0.1) is 11.3 Å². The van der Waals surface area contributed by atoms with E-state index in [9.17, 15) is 24.6 Å². The van der Waals surface area contributed by atoms with Gasteiger partial charge in [-0.1, -0.05) is 32.9 Å². The second kappa shape index (κ2) is 11.6. The molecule has 0 spiro atoms. The molecule has 3 aromatic rings. The molecule has 0 aliphatic carbocycles. The van der Waals surface area contributed by atoms with Crippen molar-refractivity contribution in [3.63, 3.8) is 0 Å². The number of benzene rings is 2. The molecule has 1 aliphatic heterocycles. The fraction of sp³-hybridized carbons (Fsp3) is 0.407. The van der Waals surface area contributed by atoms with E-state index in [1.165, 1.54) is 10.6 Å². The summed E-state index contributed by atoms with van der Waals surface area (Å²) in [5.41, 5.74) is 7.45. The zero-order valence-electron chi connectivity index (χ0n) is 22.3. The van der Waals surface area contributed by atoms with Gasteiger partial charge in [-0.15, -0.1) is 0 Å². The maximum absolute atomic E-state index is 12.7. The number of nitrogens with two attached hydrogens (primary N) is 1. The Morgan fingerprint density at radius 1 is 1.08 bits per heavy atom. The molecule has 6 N–H and O–H groups in total. The summed E-state index contributed by atoms with van der Waals surface area (Å²) in [6.07, 6.45) is 0.443. The Labute approximate surface area is 226 Å². The van der Waals surface area contributed by atoms with Gasteiger partial charge in [0.25, 0.3) is 0 Å². The SMILES string of the molecule is CC[C@H](NC(=O)N1CCN(Cc2ccc(-n3c(-c4cc(C(C)C)c(O)cc4O)n[nH]c3=O)cc2)CC1)C(N)=O. The first-order chi connectivity index (χ1) is 18.6. The molecule has 12 heteroatoms. The predicted octanol–water partition coefficient (Wildman–Crippen LogP) is 1.85. The van der Waals surface area contributed by atoms with E-state index in [1.54, 1.807) is 17.9 Å². The number of piperazine rings is 1. The first kappa shape index (κ1) is 27.7. The van der Waals surface area contributed by atoms with Crippen LogP contribution in [-0.2, 0) is 11.3 Å². The highest BCUT2D eigenvalue weighted by Gasteiger charge is 2.24. The highest BCUT2D eigenvalue weighted by Crippen LogP contribution is 2.37. The molecule has 0 radical (unpaired) electrons. The van der Waals surface area contributed by atoms with Crippen LogP contribution >= 0.6 is 0 Å². The average molecular weight is 538 g/mol. The summed E-state index contributed by atoms with van der Waals surface area (Å²) in [7, 11) is 0. The number of hydrogen-bond donors (Lipinski definition) is 5. The average Bonchev–Trinajstić information content (AvgIpc) is 3.28. The van der Waals surface area contributed by atoms with Gasteiger partial charge in [0, 0.05) is 38.8 Å². The summed E-state index contributed by atoms with van der Waals surface area (Å²) in [6.45, 7) is 8.71. The van der Waals surface area contributed by atoms with Crippen LogP contribution in [0.5, 0.6) is 11.5 Å². The van der Waals surface area contributed by atoms with E-state index in [0.29, 0.717) is 56.0 Å². The van der Waals surface area contributed by atoms with E-state index in [1.807, 2.05) is 38.1 Å². The largest absolute Gasteiger partial charge is 0.508 e. The van der Waals surface area contributed by atoms with Crippen LogP contribution in [0, 0.1) is 0 Å². The lowest BCUT2D eigenvalue weighted by atomic mass is 9.98. The smallest absolute Gasteiger partial charge is 0.348 e. The zero-order valence-corrected chi connectivity index (χ0v) is 22.3. The number of primary amides is 1. The van der Waals surface area contributed by atoms with Crippen molar-refractivity contribution in [2.45, 2.75) is 45.7 Å². The Balaban J connectivity index is 1.44. The lowest BCUT2D eigenvalue weighted by Gasteiger charge is -2.35. The van der Waals surface area contributed by atoms with Gasteiger partial charge >= 0.3 is 11.7 Å². The molecule has 208 valence electrons. The van der Waals surface area contributed by atoms with E-state index in [4.69, 9.17) is 5.73 Å². The molecule has 1 fully saturated rings. The fourth-order valence-electron chi connectivity index (χ4n) is 4.69. The van der Waals surface area contributed by atoms with Crippen molar-refractivity contribution in [2.75, 3.05) is 26.2 Å². The van der Waals surface area contributed by atoms with Crippen LogP contribution in [0.4, 0.5) is 4.79 Å². The number of hydrogen-bond acceptors (Lipinski definition) is 7. The van der Waals surface area contributed by atoms with Gasteiger partial charge in [0.2, 0.25) is 5.91 Å². The van der Waals surface area contributed by atoms with Crippen molar-refractivity contribution in [3.8, 4) is 28.6 Å². The van der Waals surface area contributed by atoms with Crippen molar-refractivity contribution in [1.82, 2.24) is 29.9 Å². The molecular weight excluding hydrogens is 502 g/mol. The van der Waals surface area contributed by atoms with Crippen molar-refractivity contribution < 1.29 is 19.8 Å². The number of nitrogens with zero attached hydrogens (tertiary/aromatic N) is 4. The third kappa shape index (κ3) is 6.06. The minimum Gasteiger partial charge on any atom is -0.508 e. The molecule has 1 atom stereocenters. The number of carbonyl (C=O) groups is 2. The summed E-state index contributed by atoms with van der Waals surface area (Å²) in [5, 5.41) is 30.0. The molecule has 2 heterocycles. The highest BCUT2D eigenvalue weighted by molar-refractivity contribution is 5.85. The Kier molecular flexibility index (Phi) is 8.24. The monoisotopic (exact) mass is 537 g/mol. The molecule has 12 nitrogen and oxygen atoms in total. The molecule has 3 amide bonds.